The van der Waals surface area contributed by atoms with Crippen molar-refractivity contribution in [2.45, 2.75) is 12.7 Å². The minimum atomic E-state index is -3.88. The van der Waals surface area contributed by atoms with Crippen LogP contribution < -0.4 is 0 Å². The quantitative estimate of drug-likeness (QED) is 0.576. The molecular formula is C21H18ClNO5S2. The van der Waals surface area contributed by atoms with E-state index in [0.29, 0.717) is 21.7 Å². The number of rotatable bonds is 7. The van der Waals surface area contributed by atoms with Gasteiger partial charge < -0.3 is 4.74 Å². The predicted octanol–water partition coefficient (Wildman–Crippen LogP) is 4.04. The number of ether oxygens (including phenoxy) is 1. The molecule has 0 unspecified atom stereocenters. The molecule has 0 bridgehead atoms. The van der Waals surface area contributed by atoms with Crippen LogP contribution in [0.3, 0.4) is 0 Å². The molecule has 9 heteroatoms. The summed E-state index contributed by atoms with van der Waals surface area (Å²) < 4.78 is 34.2. The van der Waals surface area contributed by atoms with Gasteiger partial charge in [-0.25, -0.2) is 8.42 Å². The number of carbonyl (C=O) groups is 2. The molecule has 0 spiro atoms. The van der Waals surface area contributed by atoms with E-state index in [2.05, 4.69) is 4.40 Å². The molecule has 3 rings (SSSR count). The molecule has 0 radical (unpaired) electrons. The number of esters is 1. The number of Topliss-reactive ketones (excluding diaryl/α,β-unsaturated/α-hetero) is 1. The second-order valence-electron chi connectivity index (χ2n) is 6.31. The van der Waals surface area contributed by atoms with Gasteiger partial charge in [0.2, 0.25) is 0 Å². The molecule has 0 N–H and O–H groups in total. The summed E-state index contributed by atoms with van der Waals surface area (Å²) in [5, 5.41) is 0.508. The van der Waals surface area contributed by atoms with Crippen molar-refractivity contribution in [3.05, 3.63) is 81.2 Å². The highest BCUT2D eigenvalue weighted by atomic mass is 35.5. The maximum absolute atomic E-state index is 12.8. The molecule has 0 heterocycles. The predicted molar refractivity (Wildman–Crippen MR) is 119 cm³/mol. The molecule has 156 valence electrons. The molecule has 1 aliphatic rings. The van der Waals surface area contributed by atoms with E-state index in [0.717, 1.165) is 11.8 Å². The zero-order valence-corrected chi connectivity index (χ0v) is 18.4. The van der Waals surface area contributed by atoms with Gasteiger partial charge in [-0.3, -0.25) is 9.59 Å². The smallest absolute Gasteiger partial charge is 0.316 e. The van der Waals surface area contributed by atoms with Gasteiger partial charge in [0.1, 0.15) is 0 Å². The van der Waals surface area contributed by atoms with Crippen LogP contribution in [0.25, 0.3) is 0 Å². The fourth-order valence-electron chi connectivity index (χ4n) is 2.80. The van der Waals surface area contributed by atoms with Crippen molar-refractivity contribution in [3.63, 3.8) is 0 Å². The van der Waals surface area contributed by atoms with Crippen LogP contribution in [0.5, 0.6) is 0 Å². The Morgan fingerprint density at radius 1 is 1.10 bits per heavy atom. The highest BCUT2D eigenvalue weighted by Gasteiger charge is 2.26. The number of hydrogen-bond donors (Lipinski definition) is 0. The van der Waals surface area contributed by atoms with E-state index in [9.17, 15) is 18.0 Å². The van der Waals surface area contributed by atoms with Crippen molar-refractivity contribution >= 4 is 50.9 Å². The van der Waals surface area contributed by atoms with Crippen LogP contribution in [-0.2, 0) is 25.3 Å². The summed E-state index contributed by atoms with van der Waals surface area (Å²) in [6.07, 6.45) is 1.41. The minimum Gasteiger partial charge on any atom is -0.465 e. The highest BCUT2D eigenvalue weighted by molar-refractivity contribution is 8.04. The van der Waals surface area contributed by atoms with Gasteiger partial charge >= 0.3 is 5.97 Å². The molecule has 0 atom stereocenters. The molecule has 0 amide bonds. The van der Waals surface area contributed by atoms with E-state index in [1.54, 1.807) is 55.5 Å². The number of nitrogens with zero attached hydrogens (tertiary/aromatic N) is 1. The third kappa shape index (κ3) is 5.59. The number of carbonyl (C=O) groups excluding carboxylic acids is 2. The highest BCUT2D eigenvalue weighted by Crippen LogP contribution is 2.29. The molecular weight excluding hydrogens is 446 g/mol. The van der Waals surface area contributed by atoms with Crippen LogP contribution in [0, 0.1) is 0 Å². The summed E-state index contributed by atoms with van der Waals surface area (Å²) in [6.45, 7) is 1.94. The molecule has 0 fully saturated rings. The van der Waals surface area contributed by atoms with Crippen LogP contribution in [-0.4, -0.2) is 38.2 Å². The van der Waals surface area contributed by atoms with Gasteiger partial charge in [0.15, 0.2) is 5.78 Å². The van der Waals surface area contributed by atoms with Crippen molar-refractivity contribution in [3.8, 4) is 0 Å². The number of sulfonamides is 1. The normalized spacial score (nSPS) is 14.9. The van der Waals surface area contributed by atoms with E-state index >= 15 is 0 Å². The maximum atomic E-state index is 12.8. The van der Waals surface area contributed by atoms with E-state index in [1.165, 1.54) is 6.08 Å². The Kier molecular flexibility index (Phi) is 7.12. The van der Waals surface area contributed by atoms with Crippen LogP contribution in [0.15, 0.2) is 63.9 Å². The van der Waals surface area contributed by atoms with Gasteiger partial charge in [0.25, 0.3) is 10.0 Å². The lowest BCUT2D eigenvalue weighted by Crippen LogP contribution is -2.19. The van der Waals surface area contributed by atoms with Crippen molar-refractivity contribution in [2.75, 3.05) is 12.4 Å². The number of thioether (sulfide) groups is 1. The third-order valence-electron chi connectivity index (χ3n) is 4.09. The summed E-state index contributed by atoms with van der Waals surface area (Å²) in [6, 6.07) is 13.1. The molecule has 0 aromatic heterocycles. The van der Waals surface area contributed by atoms with Gasteiger partial charge in [0, 0.05) is 16.1 Å². The minimum absolute atomic E-state index is 0.0572. The molecule has 0 aliphatic heterocycles. The van der Waals surface area contributed by atoms with Crippen LogP contribution in [0.4, 0.5) is 0 Å². The number of hydrogen-bond acceptors (Lipinski definition) is 6. The molecule has 2 aromatic rings. The van der Waals surface area contributed by atoms with Gasteiger partial charge in [-0.1, -0.05) is 48.0 Å². The fourth-order valence-corrected chi connectivity index (χ4v) is 4.85. The topological polar surface area (TPSA) is 89.9 Å². The van der Waals surface area contributed by atoms with Gasteiger partial charge in [-0.2, -0.15) is 4.40 Å². The first kappa shape index (κ1) is 22.3. The van der Waals surface area contributed by atoms with Crippen LogP contribution in [0.1, 0.15) is 28.4 Å². The van der Waals surface area contributed by atoms with Crippen LogP contribution >= 0.6 is 23.4 Å². The second kappa shape index (κ2) is 9.59. The molecule has 0 saturated carbocycles. The first-order valence-electron chi connectivity index (χ1n) is 9.00. The maximum Gasteiger partial charge on any atom is 0.316 e. The van der Waals surface area contributed by atoms with Crippen molar-refractivity contribution in [1.82, 2.24) is 0 Å². The number of benzene rings is 2. The zero-order chi connectivity index (χ0) is 21.7. The van der Waals surface area contributed by atoms with Crippen molar-refractivity contribution in [2.24, 2.45) is 4.40 Å². The summed E-state index contributed by atoms with van der Waals surface area (Å²) in [5.41, 5.74) is 1.48. The Labute approximate surface area is 184 Å². The van der Waals surface area contributed by atoms with E-state index in [-0.39, 0.29) is 34.5 Å². The van der Waals surface area contributed by atoms with Crippen molar-refractivity contribution < 1.29 is 22.7 Å². The summed E-state index contributed by atoms with van der Waals surface area (Å²) in [5.74, 6) is -1.10. The first-order chi connectivity index (χ1) is 14.3. The molecule has 6 nitrogen and oxygen atoms in total. The molecule has 1 aliphatic carbocycles. The number of fused-ring (bicyclic) bond motifs is 1. The molecule has 0 saturated heterocycles. The Hall–Kier alpha value is -2.42. The summed E-state index contributed by atoms with van der Waals surface area (Å²) in [7, 11) is -3.88. The van der Waals surface area contributed by atoms with Gasteiger partial charge in [-0.15, -0.1) is 11.8 Å². The number of allylic oxidation sites excluding steroid dienone is 2. The fraction of sp³-hybridized carbons (Fsp3) is 0.190. The van der Waals surface area contributed by atoms with Crippen molar-refractivity contribution in [1.29, 1.82) is 0 Å². The first-order valence-corrected chi connectivity index (χ1v) is 12.0. The average molecular weight is 464 g/mol. The Morgan fingerprint density at radius 2 is 1.77 bits per heavy atom. The Morgan fingerprint density at radius 3 is 2.43 bits per heavy atom. The summed E-state index contributed by atoms with van der Waals surface area (Å²) in [4.78, 5) is 24.7. The standard InChI is InChI=1S/C21H18ClNO5S2/c1-2-28-20(24)12-29-19-11-18(16-5-3-4-6-17(16)21(19)25)23-30(26,27)13-14-7-9-15(22)10-8-14/h3-11H,2,12-13H2,1H3. The Balaban J connectivity index is 1.93. The van der Waals surface area contributed by atoms with Gasteiger partial charge in [-0.05, 0) is 30.7 Å². The summed E-state index contributed by atoms with van der Waals surface area (Å²) >= 11 is 6.84. The van der Waals surface area contributed by atoms with E-state index in [4.69, 9.17) is 16.3 Å². The molecule has 30 heavy (non-hydrogen) atoms. The SMILES string of the molecule is CCOC(=O)CSC1=CC(=NS(=O)(=O)Cc2ccc(Cl)cc2)c2ccccc2C1=O. The molecule has 2 aromatic carbocycles. The van der Waals surface area contributed by atoms with E-state index in [1.807, 2.05) is 0 Å². The monoisotopic (exact) mass is 463 g/mol. The van der Waals surface area contributed by atoms with Crippen LogP contribution in [0.2, 0.25) is 5.02 Å². The average Bonchev–Trinajstić information content (AvgIpc) is 2.71. The lowest BCUT2D eigenvalue weighted by molar-refractivity contribution is -0.139. The second-order valence-corrected chi connectivity index (χ2v) is 9.39. The van der Waals surface area contributed by atoms with E-state index < -0.39 is 16.0 Å². The Bertz CT molecular complexity index is 1140. The lowest BCUT2D eigenvalue weighted by Gasteiger charge is -2.17. The zero-order valence-electron chi connectivity index (χ0n) is 16.0. The number of halogens is 1. The number of ketones is 1. The third-order valence-corrected chi connectivity index (χ3v) is 6.51. The largest absolute Gasteiger partial charge is 0.465 e. The lowest BCUT2D eigenvalue weighted by atomic mass is 9.94. The van der Waals surface area contributed by atoms with Gasteiger partial charge in [0.05, 0.1) is 28.7 Å².